The molecule has 0 fully saturated rings. The predicted molar refractivity (Wildman–Crippen MR) is 71.7 cm³/mol. The monoisotopic (exact) mass is 284 g/mol. The number of hydrogen-bond acceptors (Lipinski definition) is 1. The quantitative estimate of drug-likeness (QED) is 0.860. The number of benzene rings is 2. The Morgan fingerprint density at radius 1 is 1.17 bits per heavy atom. The summed E-state index contributed by atoms with van der Waals surface area (Å²) in [7, 11) is 0. The van der Waals surface area contributed by atoms with Crippen molar-refractivity contribution in [1.29, 1.82) is 0 Å². The van der Waals surface area contributed by atoms with Gasteiger partial charge in [-0.25, -0.2) is 4.39 Å². The average molecular weight is 285 g/mol. The second-order valence-electron chi connectivity index (χ2n) is 4.04. The van der Waals surface area contributed by atoms with E-state index >= 15 is 0 Å². The van der Waals surface area contributed by atoms with Gasteiger partial charge in [-0.15, -0.1) is 0 Å². The Balaban J connectivity index is 2.51. The summed E-state index contributed by atoms with van der Waals surface area (Å²) in [6.45, 7) is 1.80. The number of hydrogen-bond donors (Lipinski definition) is 1. The molecule has 1 N–H and O–H groups in total. The maximum absolute atomic E-state index is 13.7. The van der Waals surface area contributed by atoms with E-state index < -0.39 is 11.9 Å². The Labute approximate surface area is 115 Å². The van der Waals surface area contributed by atoms with Crippen molar-refractivity contribution in [3.05, 3.63) is 69.0 Å². The largest absolute Gasteiger partial charge is 0.383 e. The number of aliphatic hydroxyl groups excluding tert-OH is 1. The molecule has 0 aliphatic heterocycles. The third kappa shape index (κ3) is 2.51. The van der Waals surface area contributed by atoms with Gasteiger partial charge in [-0.3, -0.25) is 0 Å². The molecule has 0 aromatic heterocycles. The van der Waals surface area contributed by atoms with Crippen LogP contribution in [-0.2, 0) is 0 Å². The lowest BCUT2D eigenvalue weighted by molar-refractivity contribution is 0.214. The van der Waals surface area contributed by atoms with Gasteiger partial charge >= 0.3 is 0 Å². The maximum atomic E-state index is 13.7. The SMILES string of the molecule is Cc1cc(Cl)ccc1C(O)c1c(F)cccc1Cl. The van der Waals surface area contributed by atoms with E-state index in [1.54, 1.807) is 31.2 Å². The van der Waals surface area contributed by atoms with E-state index in [1.165, 1.54) is 12.1 Å². The summed E-state index contributed by atoms with van der Waals surface area (Å²) >= 11 is 11.8. The van der Waals surface area contributed by atoms with E-state index in [0.717, 1.165) is 5.56 Å². The van der Waals surface area contributed by atoms with Gasteiger partial charge in [0.05, 0.1) is 0 Å². The minimum Gasteiger partial charge on any atom is -0.383 e. The molecule has 0 spiro atoms. The van der Waals surface area contributed by atoms with E-state index in [-0.39, 0.29) is 10.6 Å². The molecule has 0 bridgehead atoms. The summed E-state index contributed by atoms with van der Waals surface area (Å²) in [6, 6.07) is 9.37. The van der Waals surface area contributed by atoms with Gasteiger partial charge in [0.2, 0.25) is 0 Å². The molecule has 0 aliphatic carbocycles. The third-order valence-electron chi connectivity index (χ3n) is 2.80. The van der Waals surface area contributed by atoms with Crippen molar-refractivity contribution in [3.8, 4) is 0 Å². The normalized spacial score (nSPS) is 12.5. The van der Waals surface area contributed by atoms with Crippen LogP contribution in [0.25, 0.3) is 0 Å². The smallest absolute Gasteiger partial charge is 0.130 e. The Kier molecular flexibility index (Phi) is 3.91. The van der Waals surface area contributed by atoms with E-state index in [9.17, 15) is 9.50 Å². The molecule has 0 amide bonds. The topological polar surface area (TPSA) is 20.2 Å². The third-order valence-corrected chi connectivity index (χ3v) is 3.36. The Morgan fingerprint density at radius 3 is 2.50 bits per heavy atom. The van der Waals surface area contributed by atoms with Crippen LogP contribution in [0.4, 0.5) is 4.39 Å². The van der Waals surface area contributed by atoms with Gasteiger partial charge in [0.25, 0.3) is 0 Å². The zero-order valence-electron chi connectivity index (χ0n) is 9.62. The van der Waals surface area contributed by atoms with Gasteiger partial charge < -0.3 is 5.11 Å². The van der Waals surface area contributed by atoms with Gasteiger partial charge in [0, 0.05) is 15.6 Å². The summed E-state index contributed by atoms with van der Waals surface area (Å²) in [5, 5.41) is 11.0. The van der Waals surface area contributed by atoms with E-state index in [0.29, 0.717) is 10.6 Å². The molecule has 2 aromatic carbocycles. The van der Waals surface area contributed by atoms with Crippen molar-refractivity contribution < 1.29 is 9.50 Å². The Bertz CT molecular complexity index is 564. The molecular formula is C14H11Cl2FO. The lowest BCUT2D eigenvalue weighted by Crippen LogP contribution is -2.05. The Hall–Kier alpha value is -1.09. The zero-order valence-corrected chi connectivity index (χ0v) is 11.1. The van der Waals surface area contributed by atoms with Crippen molar-refractivity contribution in [2.45, 2.75) is 13.0 Å². The standard InChI is InChI=1S/C14H11Cl2FO/c1-8-7-9(15)5-6-10(8)14(18)13-11(16)3-2-4-12(13)17/h2-7,14,18H,1H3. The van der Waals surface area contributed by atoms with E-state index in [1.807, 2.05) is 0 Å². The molecule has 4 heteroatoms. The fourth-order valence-corrected chi connectivity index (χ4v) is 2.37. The van der Waals surface area contributed by atoms with Crippen LogP contribution in [0, 0.1) is 12.7 Å². The first-order chi connectivity index (χ1) is 8.50. The highest BCUT2D eigenvalue weighted by Gasteiger charge is 2.19. The first kappa shape index (κ1) is 13.3. The lowest BCUT2D eigenvalue weighted by Gasteiger charge is -2.16. The molecule has 2 aromatic rings. The fourth-order valence-electron chi connectivity index (χ4n) is 1.87. The van der Waals surface area contributed by atoms with Crippen LogP contribution < -0.4 is 0 Å². The summed E-state index contributed by atoms with van der Waals surface area (Å²) in [5.74, 6) is -0.524. The van der Waals surface area contributed by atoms with Crippen molar-refractivity contribution in [2.24, 2.45) is 0 Å². The van der Waals surface area contributed by atoms with Crippen LogP contribution in [0.15, 0.2) is 36.4 Å². The molecule has 0 heterocycles. The molecule has 0 saturated heterocycles. The van der Waals surface area contributed by atoms with Gasteiger partial charge in [0.15, 0.2) is 0 Å². The van der Waals surface area contributed by atoms with Crippen molar-refractivity contribution in [3.63, 3.8) is 0 Å². The number of aryl methyl sites for hydroxylation is 1. The van der Waals surface area contributed by atoms with Gasteiger partial charge in [-0.1, -0.05) is 35.3 Å². The zero-order chi connectivity index (χ0) is 13.3. The second kappa shape index (κ2) is 5.27. The number of aliphatic hydroxyl groups is 1. The van der Waals surface area contributed by atoms with Gasteiger partial charge in [-0.05, 0) is 42.3 Å². The van der Waals surface area contributed by atoms with Crippen LogP contribution in [-0.4, -0.2) is 5.11 Å². The van der Waals surface area contributed by atoms with Crippen molar-refractivity contribution >= 4 is 23.2 Å². The molecule has 1 atom stereocenters. The fraction of sp³-hybridized carbons (Fsp3) is 0.143. The minimum atomic E-state index is -1.10. The highest BCUT2D eigenvalue weighted by atomic mass is 35.5. The molecule has 0 radical (unpaired) electrons. The number of rotatable bonds is 2. The molecule has 1 nitrogen and oxygen atoms in total. The molecule has 94 valence electrons. The van der Waals surface area contributed by atoms with Crippen LogP contribution in [0.3, 0.4) is 0 Å². The molecule has 0 saturated carbocycles. The lowest BCUT2D eigenvalue weighted by atomic mass is 9.97. The van der Waals surface area contributed by atoms with E-state index in [2.05, 4.69) is 0 Å². The minimum absolute atomic E-state index is 0.0876. The molecule has 18 heavy (non-hydrogen) atoms. The Morgan fingerprint density at radius 2 is 1.89 bits per heavy atom. The number of halogens is 3. The first-order valence-corrected chi connectivity index (χ1v) is 6.14. The van der Waals surface area contributed by atoms with Gasteiger partial charge in [0.1, 0.15) is 11.9 Å². The summed E-state index contributed by atoms with van der Waals surface area (Å²) in [5.41, 5.74) is 1.46. The highest BCUT2D eigenvalue weighted by molar-refractivity contribution is 6.31. The summed E-state index contributed by atoms with van der Waals surface area (Å²) < 4.78 is 13.7. The molecule has 1 unspecified atom stereocenters. The molecule has 2 rings (SSSR count). The van der Waals surface area contributed by atoms with Crippen LogP contribution in [0.1, 0.15) is 22.8 Å². The van der Waals surface area contributed by atoms with Crippen LogP contribution in [0.5, 0.6) is 0 Å². The van der Waals surface area contributed by atoms with Crippen molar-refractivity contribution in [1.82, 2.24) is 0 Å². The first-order valence-electron chi connectivity index (χ1n) is 5.38. The van der Waals surface area contributed by atoms with Gasteiger partial charge in [-0.2, -0.15) is 0 Å². The van der Waals surface area contributed by atoms with Crippen LogP contribution >= 0.6 is 23.2 Å². The van der Waals surface area contributed by atoms with Crippen molar-refractivity contribution in [2.75, 3.05) is 0 Å². The molecular weight excluding hydrogens is 274 g/mol. The molecule has 0 aliphatic rings. The van der Waals surface area contributed by atoms with Crippen LogP contribution in [0.2, 0.25) is 10.0 Å². The summed E-state index contributed by atoms with van der Waals surface area (Å²) in [4.78, 5) is 0. The van der Waals surface area contributed by atoms with E-state index in [4.69, 9.17) is 23.2 Å². The maximum Gasteiger partial charge on any atom is 0.130 e. The predicted octanol–water partition coefficient (Wildman–Crippen LogP) is 4.52. The average Bonchev–Trinajstić information content (AvgIpc) is 2.28. The summed E-state index contributed by atoms with van der Waals surface area (Å²) in [6.07, 6.45) is -1.10. The highest BCUT2D eigenvalue weighted by Crippen LogP contribution is 2.32. The second-order valence-corrected chi connectivity index (χ2v) is 4.88.